The van der Waals surface area contributed by atoms with E-state index >= 15 is 0 Å². The standard InChI is InChI=1S/C16H27N5/c1-5-12-9-14(20(7-3)18-12)11-15(17)16-10-13(6-2)19-21(16)8-4/h9-10,15H,5-8,11,17H2,1-4H3. The molecule has 2 heterocycles. The van der Waals surface area contributed by atoms with E-state index < -0.39 is 0 Å². The smallest absolute Gasteiger partial charge is 0.0625 e. The SMILES string of the molecule is CCc1cc(CC(N)c2cc(CC)nn2CC)n(CC)n1. The normalized spacial score (nSPS) is 12.8. The highest BCUT2D eigenvalue weighted by Crippen LogP contribution is 2.19. The van der Waals surface area contributed by atoms with Gasteiger partial charge in [0.25, 0.3) is 0 Å². The first-order valence-corrected chi connectivity index (χ1v) is 8.00. The Balaban J connectivity index is 2.23. The van der Waals surface area contributed by atoms with Gasteiger partial charge >= 0.3 is 0 Å². The molecule has 1 atom stereocenters. The van der Waals surface area contributed by atoms with E-state index in [1.807, 2.05) is 4.68 Å². The molecule has 2 aromatic rings. The minimum atomic E-state index is -0.0375. The van der Waals surface area contributed by atoms with E-state index in [-0.39, 0.29) is 6.04 Å². The summed E-state index contributed by atoms with van der Waals surface area (Å²) in [6.45, 7) is 10.2. The molecule has 2 aromatic heterocycles. The second kappa shape index (κ2) is 6.89. The fraction of sp³-hybridized carbons (Fsp3) is 0.625. The number of nitrogens with two attached hydrogens (primary N) is 1. The van der Waals surface area contributed by atoms with Crippen LogP contribution in [0.25, 0.3) is 0 Å². The quantitative estimate of drug-likeness (QED) is 0.852. The van der Waals surface area contributed by atoms with Crippen LogP contribution in [-0.2, 0) is 32.4 Å². The first-order chi connectivity index (χ1) is 10.1. The lowest BCUT2D eigenvalue weighted by Gasteiger charge is -2.14. The highest BCUT2D eigenvalue weighted by Gasteiger charge is 2.17. The topological polar surface area (TPSA) is 61.7 Å². The number of rotatable bonds is 7. The third kappa shape index (κ3) is 3.35. The van der Waals surface area contributed by atoms with E-state index in [0.29, 0.717) is 0 Å². The van der Waals surface area contributed by atoms with Gasteiger partial charge < -0.3 is 5.73 Å². The average Bonchev–Trinajstić information content (AvgIpc) is 3.10. The summed E-state index contributed by atoms with van der Waals surface area (Å²) in [6.07, 6.45) is 2.71. The van der Waals surface area contributed by atoms with Gasteiger partial charge in [0.15, 0.2) is 0 Å². The maximum absolute atomic E-state index is 6.44. The van der Waals surface area contributed by atoms with Gasteiger partial charge in [0.2, 0.25) is 0 Å². The molecule has 0 aromatic carbocycles. The zero-order valence-electron chi connectivity index (χ0n) is 13.6. The highest BCUT2D eigenvalue weighted by atomic mass is 15.3. The molecular formula is C16H27N5. The van der Waals surface area contributed by atoms with Crippen LogP contribution < -0.4 is 5.73 Å². The van der Waals surface area contributed by atoms with Gasteiger partial charge in [-0.1, -0.05) is 13.8 Å². The third-order valence-corrected chi connectivity index (χ3v) is 3.91. The molecule has 0 amide bonds. The minimum absolute atomic E-state index is 0.0375. The van der Waals surface area contributed by atoms with Gasteiger partial charge in [0, 0.05) is 25.2 Å². The molecule has 116 valence electrons. The number of nitrogens with zero attached hydrogens (tertiary/aromatic N) is 4. The Morgan fingerprint density at radius 1 is 0.952 bits per heavy atom. The molecule has 0 aliphatic carbocycles. The first kappa shape index (κ1) is 15.8. The van der Waals surface area contributed by atoms with E-state index in [1.165, 1.54) is 5.69 Å². The molecule has 2 N–H and O–H groups in total. The molecule has 5 heteroatoms. The van der Waals surface area contributed by atoms with Crippen molar-refractivity contribution in [2.75, 3.05) is 0 Å². The largest absolute Gasteiger partial charge is 0.322 e. The second-order valence-electron chi connectivity index (χ2n) is 5.34. The van der Waals surface area contributed by atoms with Crippen LogP contribution in [0.1, 0.15) is 56.5 Å². The minimum Gasteiger partial charge on any atom is -0.322 e. The van der Waals surface area contributed by atoms with Gasteiger partial charge in [-0.25, -0.2) is 0 Å². The molecule has 0 fully saturated rings. The summed E-state index contributed by atoms with van der Waals surface area (Å²) in [5, 5.41) is 9.18. The van der Waals surface area contributed by atoms with Gasteiger partial charge in [-0.2, -0.15) is 10.2 Å². The van der Waals surface area contributed by atoms with E-state index in [2.05, 4.69) is 54.7 Å². The predicted octanol–water partition coefficient (Wildman–Crippen LogP) is 2.49. The van der Waals surface area contributed by atoms with Crippen molar-refractivity contribution in [3.63, 3.8) is 0 Å². The van der Waals surface area contributed by atoms with Crippen molar-refractivity contribution in [1.82, 2.24) is 19.6 Å². The highest BCUT2D eigenvalue weighted by molar-refractivity contribution is 5.19. The molecule has 0 spiro atoms. The summed E-state index contributed by atoms with van der Waals surface area (Å²) in [6, 6.07) is 4.28. The van der Waals surface area contributed by atoms with Crippen LogP contribution in [0.15, 0.2) is 12.1 Å². The number of hydrogen-bond acceptors (Lipinski definition) is 3. The summed E-state index contributed by atoms with van der Waals surface area (Å²) in [7, 11) is 0. The Bertz CT molecular complexity index is 582. The number of hydrogen-bond donors (Lipinski definition) is 1. The molecule has 0 saturated carbocycles. The van der Waals surface area contributed by atoms with Gasteiger partial charge in [-0.3, -0.25) is 9.36 Å². The monoisotopic (exact) mass is 289 g/mol. The van der Waals surface area contributed by atoms with Crippen molar-refractivity contribution in [2.45, 2.75) is 66.1 Å². The molecule has 0 aliphatic rings. The lowest BCUT2D eigenvalue weighted by atomic mass is 10.1. The summed E-state index contributed by atoms with van der Waals surface area (Å²) in [5.74, 6) is 0. The summed E-state index contributed by atoms with van der Waals surface area (Å²) < 4.78 is 4.09. The van der Waals surface area contributed by atoms with Gasteiger partial charge in [-0.15, -0.1) is 0 Å². The zero-order chi connectivity index (χ0) is 15.4. The van der Waals surface area contributed by atoms with Gasteiger partial charge in [0.05, 0.1) is 23.1 Å². The maximum atomic E-state index is 6.44. The first-order valence-electron chi connectivity index (χ1n) is 8.00. The number of aryl methyl sites for hydroxylation is 4. The van der Waals surface area contributed by atoms with Crippen molar-refractivity contribution in [3.05, 3.63) is 34.9 Å². The fourth-order valence-electron chi connectivity index (χ4n) is 2.67. The molecule has 0 saturated heterocycles. The van der Waals surface area contributed by atoms with E-state index in [9.17, 15) is 0 Å². The molecule has 0 bridgehead atoms. The Labute approximate surface area is 127 Å². The Hall–Kier alpha value is -1.62. The van der Waals surface area contributed by atoms with Gasteiger partial charge in [0.1, 0.15) is 0 Å². The molecule has 5 nitrogen and oxygen atoms in total. The van der Waals surface area contributed by atoms with Crippen molar-refractivity contribution >= 4 is 0 Å². The van der Waals surface area contributed by atoms with Crippen LogP contribution in [-0.4, -0.2) is 19.6 Å². The van der Waals surface area contributed by atoms with Crippen LogP contribution in [0, 0.1) is 0 Å². The lowest BCUT2D eigenvalue weighted by Crippen LogP contribution is -2.19. The Morgan fingerprint density at radius 3 is 2.10 bits per heavy atom. The van der Waals surface area contributed by atoms with Crippen LogP contribution >= 0.6 is 0 Å². The zero-order valence-corrected chi connectivity index (χ0v) is 13.6. The third-order valence-electron chi connectivity index (χ3n) is 3.91. The van der Waals surface area contributed by atoms with Crippen LogP contribution in [0.4, 0.5) is 0 Å². The molecular weight excluding hydrogens is 262 g/mol. The fourth-order valence-corrected chi connectivity index (χ4v) is 2.67. The average molecular weight is 289 g/mol. The predicted molar refractivity (Wildman–Crippen MR) is 85.2 cm³/mol. The number of aromatic nitrogens is 4. The molecule has 21 heavy (non-hydrogen) atoms. The van der Waals surface area contributed by atoms with Crippen LogP contribution in [0.5, 0.6) is 0 Å². The van der Waals surface area contributed by atoms with Crippen LogP contribution in [0.2, 0.25) is 0 Å². The van der Waals surface area contributed by atoms with Crippen LogP contribution in [0.3, 0.4) is 0 Å². The Kier molecular flexibility index (Phi) is 5.17. The Morgan fingerprint density at radius 2 is 1.52 bits per heavy atom. The summed E-state index contributed by atoms with van der Waals surface area (Å²) >= 11 is 0. The lowest BCUT2D eigenvalue weighted by molar-refractivity contribution is 0.540. The van der Waals surface area contributed by atoms with Crippen molar-refractivity contribution < 1.29 is 0 Å². The van der Waals surface area contributed by atoms with Crippen molar-refractivity contribution in [3.8, 4) is 0 Å². The molecule has 2 rings (SSSR count). The molecule has 1 unspecified atom stereocenters. The van der Waals surface area contributed by atoms with E-state index in [4.69, 9.17) is 5.73 Å². The summed E-state index contributed by atoms with van der Waals surface area (Å²) in [4.78, 5) is 0. The molecule has 0 aliphatic heterocycles. The van der Waals surface area contributed by atoms with E-state index in [1.54, 1.807) is 0 Å². The van der Waals surface area contributed by atoms with Crippen molar-refractivity contribution in [1.29, 1.82) is 0 Å². The molecule has 0 radical (unpaired) electrons. The van der Waals surface area contributed by atoms with Gasteiger partial charge in [-0.05, 0) is 38.8 Å². The summed E-state index contributed by atoms with van der Waals surface area (Å²) in [5.41, 5.74) is 11.0. The van der Waals surface area contributed by atoms with Crippen molar-refractivity contribution in [2.24, 2.45) is 5.73 Å². The second-order valence-corrected chi connectivity index (χ2v) is 5.34. The maximum Gasteiger partial charge on any atom is 0.0625 e. The van der Waals surface area contributed by atoms with E-state index in [0.717, 1.165) is 49.4 Å².